The number of nitrogens with two attached hydrogens (primary N) is 1. The van der Waals surface area contributed by atoms with Crippen LogP contribution in [0.2, 0.25) is 0 Å². The van der Waals surface area contributed by atoms with E-state index in [9.17, 15) is 0 Å². The number of hydrogen-bond acceptors (Lipinski definition) is 2. The number of aromatic nitrogens is 2. The van der Waals surface area contributed by atoms with Gasteiger partial charge in [0.05, 0.1) is 17.4 Å². The van der Waals surface area contributed by atoms with Crippen molar-refractivity contribution in [1.82, 2.24) is 14.5 Å². The van der Waals surface area contributed by atoms with Crippen molar-refractivity contribution in [3.63, 3.8) is 0 Å². The van der Waals surface area contributed by atoms with E-state index in [4.69, 9.17) is 5.73 Å². The van der Waals surface area contributed by atoms with Gasteiger partial charge in [0.2, 0.25) is 0 Å². The summed E-state index contributed by atoms with van der Waals surface area (Å²) >= 11 is 0. The number of imidazole rings is 1. The quantitative estimate of drug-likeness (QED) is 0.536. The van der Waals surface area contributed by atoms with Crippen LogP contribution in [0.3, 0.4) is 0 Å². The molecule has 2 aromatic rings. The molecule has 0 amide bonds. The monoisotopic (exact) mass is 299 g/mol. The average molecular weight is 299 g/mol. The van der Waals surface area contributed by atoms with Crippen LogP contribution in [0.5, 0.6) is 0 Å². The van der Waals surface area contributed by atoms with Crippen molar-refractivity contribution in [3.8, 4) is 0 Å². The number of aliphatic imine (C=N–C) groups is 1. The molecule has 1 saturated heterocycles. The molecule has 1 aliphatic heterocycles. The normalized spacial score (nSPS) is 16.9. The number of aryl methyl sites for hydroxylation is 1. The topological polar surface area (TPSA) is 59.4 Å². The van der Waals surface area contributed by atoms with Gasteiger partial charge in [0.1, 0.15) is 0 Å². The Morgan fingerprint density at radius 2 is 1.91 bits per heavy atom. The molecule has 2 heterocycles. The van der Waals surface area contributed by atoms with E-state index in [2.05, 4.69) is 31.6 Å². The number of fused-ring (bicyclic) bond motifs is 1. The Morgan fingerprint density at radius 3 is 2.73 bits per heavy atom. The van der Waals surface area contributed by atoms with Gasteiger partial charge in [-0.15, -0.1) is 0 Å². The summed E-state index contributed by atoms with van der Waals surface area (Å²) in [4.78, 5) is 11.2. The first-order chi connectivity index (χ1) is 10.8. The van der Waals surface area contributed by atoms with Gasteiger partial charge in [0.25, 0.3) is 0 Å². The third kappa shape index (κ3) is 3.59. The van der Waals surface area contributed by atoms with Crippen LogP contribution in [0.4, 0.5) is 0 Å². The molecule has 0 radical (unpaired) electrons. The minimum absolute atomic E-state index is 0.720. The summed E-state index contributed by atoms with van der Waals surface area (Å²) < 4.78 is 2.19. The predicted octanol–water partition coefficient (Wildman–Crippen LogP) is 2.62. The first-order valence-corrected chi connectivity index (χ1v) is 8.29. The van der Waals surface area contributed by atoms with Crippen molar-refractivity contribution in [2.24, 2.45) is 10.7 Å². The molecular formula is C17H25N5. The van der Waals surface area contributed by atoms with E-state index < -0.39 is 0 Å². The van der Waals surface area contributed by atoms with Gasteiger partial charge in [0.15, 0.2) is 5.96 Å². The lowest BCUT2D eigenvalue weighted by Crippen LogP contribution is -2.38. The van der Waals surface area contributed by atoms with Crippen molar-refractivity contribution in [3.05, 3.63) is 30.6 Å². The van der Waals surface area contributed by atoms with Crippen LogP contribution < -0.4 is 5.73 Å². The molecule has 0 atom stereocenters. The zero-order valence-electron chi connectivity index (χ0n) is 13.1. The molecule has 1 aromatic heterocycles. The molecule has 22 heavy (non-hydrogen) atoms. The maximum Gasteiger partial charge on any atom is 0.191 e. The summed E-state index contributed by atoms with van der Waals surface area (Å²) in [5.74, 6) is 0.720. The predicted molar refractivity (Wildman–Crippen MR) is 90.9 cm³/mol. The molecule has 1 aromatic carbocycles. The van der Waals surface area contributed by atoms with Gasteiger partial charge in [-0.3, -0.25) is 4.99 Å². The number of para-hydroxylation sites is 2. The Labute approximate surface area is 131 Å². The number of nitrogens with zero attached hydrogens (tertiary/aromatic N) is 4. The second kappa shape index (κ2) is 7.29. The summed E-state index contributed by atoms with van der Waals surface area (Å²) in [5, 5.41) is 0. The van der Waals surface area contributed by atoms with Crippen molar-refractivity contribution in [2.45, 2.75) is 38.6 Å². The van der Waals surface area contributed by atoms with Gasteiger partial charge in [-0.2, -0.15) is 0 Å². The number of guanidine groups is 1. The lowest BCUT2D eigenvalue weighted by molar-refractivity contribution is 0.428. The molecular weight excluding hydrogens is 274 g/mol. The van der Waals surface area contributed by atoms with Crippen molar-refractivity contribution >= 4 is 17.0 Å². The molecule has 0 spiro atoms. The van der Waals surface area contributed by atoms with Gasteiger partial charge >= 0.3 is 0 Å². The molecule has 5 nitrogen and oxygen atoms in total. The minimum Gasteiger partial charge on any atom is -0.370 e. The number of likely N-dealkylation sites (tertiary alicyclic amines) is 1. The molecule has 0 unspecified atom stereocenters. The lowest BCUT2D eigenvalue weighted by atomic mass is 10.2. The standard InChI is InChI=1S/C17H25N5/c18-17(21-11-5-1-2-6-12-21)19-10-7-13-22-14-20-15-8-3-4-9-16(15)22/h3-4,8-9,14H,1-2,5-7,10-13H2,(H2,18,19). The van der Waals surface area contributed by atoms with Gasteiger partial charge < -0.3 is 15.2 Å². The Kier molecular flexibility index (Phi) is 4.93. The van der Waals surface area contributed by atoms with E-state index in [1.165, 1.54) is 31.2 Å². The van der Waals surface area contributed by atoms with Crippen LogP contribution in [-0.4, -0.2) is 40.0 Å². The Bertz CT molecular complexity index is 623. The molecule has 0 bridgehead atoms. The number of hydrogen-bond donors (Lipinski definition) is 1. The van der Waals surface area contributed by atoms with E-state index in [1.807, 2.05) is 18.5 Å². The molecule has 1 fully saturated rings. The van der Waals surface area contributed by atoms with Gasteiger partial charge in [-0.05, 0) is 31.4 Å². The van der Waals surface area contributed by atoms with Crippen molar-refractivity contribution < 1.29 is 0 Å². The Hall–Kier alpha value is -2.04. The van der Waals surface area contributed by atoms with E-state index in [1.54, 1.807) is 0 Å². The summed E-state index contributed by atoms with van der Waals surface area (Å²) in [7, 11) is 0. The van der Waals surface area contributed by atoms with Crippen molar-refractivity contribution in [2.75, 3.05) is 19.6 Å². The van der Waals surface area contributed by atoms with Crippen LogP contribution in [-0.2, 0) is 6.54 Å². The maximum absolute atomic E-state index is 6.12. The number of benzene rings is 1. The zero-order valence-corrected chi connectivity index (χ0v) is 13.1. The molecule has 3 rings (SSSR count). The molecule has 0 aliphatic carbocycles. The third-order valence-electron chi connectivity index (χ3n) is 4.29. The first-order valence-electron chi connectivity index (χ1n) is 8.29. The third-order valence-corrected chi connectivity index (χ3v) is 4.29. The molecule has 0 saturated carbocycles. The second-order valence-electron chi connectivity index (χ2n) is 5.92. The van der Waals surface area contributed by atoms with Crippen LogP contribution >= 0.6 is 0 Å². The second-order valence-corrected chi connectivity index (χ2v) is 5.92. The van der Waals surface area contributed by atoms with Crippen LogP contribution in [0, 0.1) is 0 Å². The van der Waals surface area contributed by atoms with E-state index in [-0.39, 0.29) is 0 Å². The molecule has 2 N–H and O–H groups in total. The highest BCUT2D eigenvalue weighted by molar-refractivity contribution is 5.78. The maximum atomic E-state index is 6.12. The zero-order chi connectivity index (χ0) is 15.2. The highest BCUT2D eigenvalue weighted by atomic mass is 15.2. The summed E-state index contributed by atoms with van der Waals surface area (Å²) in [6.45, 7) is 3.81. The van der Waals surface area contributed by atoms with E-state index >= 15 is 0 Å². The molecule has 1 aliphatic rings. The highest BCUT2D eigenvalue weighted by Crippen LogP contribution is 2.12. The van der Waals surface area contributed by atoms with Gasteiger partial charge in [-0.25, -0.2) is 4.98 Å². The fourth-order valence-corrected chi connectivity index (χ4v) is 3.02. The lowest BCUT2D eigenvalue weighted by Gasteiger charge is -2.21. The highest BCUT2D eigenvalue weighted by Gasteiger charge is 2.10. The Morgan fingerprint density at radius 1 is 1.14 bits per heavy atom. The first kappa shape index (κ1) is 14.9. The van der Waals surface area contributed by atoms with Crippen LogP contribution in [0.25, 0.3) is 11.0 Å². The molecule has 5 heteroatoms. The fraction of sp³-hybridized carbons (Fsp3) is 0.529. The van der Waals surface area contributed by atoms with E-state index in [0.29, 0.717) is 0 Å². The van der Waals surface area contributed by atoms with Gasteiger partial charge in [-0.1, -0.05) is 25.0 Å². The molecule has 118 valence electrons. The Balaban J connectivity index is 1.51. The summed E-state index contributed by atoms with van der Waals surface area (Å²) in [5.41, 5.74) is 8.36. The smallest absolute Gasteiger partial charge is 0.191 e. The summed E-state index contributed by atoms with van der Waals surface area (Å²) in [6.07, 6.45) is 7.99. The van der Waals surface area contributed by atoms with E-state index in [0.717, 1.165) is 44.1 Å². The van der Waals surface area contributed by atoms with Crippen LogP contribution in [0.1, 0.15) is 32.1 Å². The van der Waals surface area contributed by atoms with Crippen molar-refractivity contribution in [1.29, 1.82) is 0 Å². The van der Waals surface area contributed by atoms with Crippen LogP contribution in [0.15, 0.2) is 35.6 Å². The average Bonchev–Trinajstić information content (AvgIpc) is 2.77. The largest absolute Gasteiger partial charge is 0.370 e. The summed E-state index contributed by atoms with van der Waals surface area (Å²) in [6, 6.07) is 8.22. The fourth-order valence-electron chi connectivity index (χ4n) is 3.02. The van der Waals surface area contributed by atoms with Gasteiger partial charge in [0, 0.05) is 26.2 Å². The number of rotatable bonds is 4. The minimum atomic E-state index is 0.720. The SMILES string of the molecule is NC(=NCCCn1cnc2ccccc21)N1CCCCCC1.